The highest BCUT2D eigenvalue weighted by molar-refractivity contribution is 6.30. The van der Waals surface area contributed by atoms with Crippen LogP contribution in [0, 0.1) is 11.7 Å². The molecule has 2 N–H and O–H groups in total. The quantitative estimate of drug-likeness (QED) is 0.901. The Hall–Kier alpha value is -0.640. The lowest BCUT2D eigenvalue weighted by Crippen LogP contribution is -2.29. The molecular weight excluding hydrogens is 239 g/mol. The van der Waals surface area contributed by atoms with E-state index in [0.29, 0.717) is 5.92 Å². The predicted molar refractivity (Wildman–Crippen MR) is 68.4 cm³/mol. The van der Waals surface area contributed by atoms with Gasteiger partial charge in [-0.25, -0.2) is 4.39 Å². The zero-order chi connectivity index (χ0) is 12.4. The second-order valence-corrected chi connectivity index (χ2v) is 5.30. The third kappa shape index (κ3) is 3.18. The smallest absolute Gasteiger partial charge is 0.142 e. The number of nitrogens with zero attached hydrogens (tertiary/aromatic N) is 1. The minimum Gasteiger partial charge on any atom is -0.328 e. The average molecular weight is 257 g/mol. The van der Waals surface area contributed by atoms with E-state index >= 15 is 0 Å². The van der Waals surface area contributed by atoms with Crippen LogP contribution in [0.25, 0.3) is 0 Å². The maximum atomic E-state index is 13.3. The molecule has 2 atom stereocenters. The second kappa shape index (κ2) is 5.34. The van der Waals surface area contributed by atoms with Gasteiger partial charge in [-0.15, -0.1) is 0 Å². The average Bonchev–Trinajstić information content (AvgIpc) is 2.72. The van der Waals surface area contributed by atoms with Crippen molar-refractivity contribution in [2.24, 2.45) is 11.7 Å². The van der Waals surface area contributed by atoms with Gasteiger partial charge in [-0.05, 0) is 43.5 Å². The lowest BCUT2D eigenvalue weighted by Gasteiger charge is -2.17. The largest absolute Gasteiger partial charge is 0.328 e. The van der Waals surface area contributed by atoms with E-state index in [1.54, 1.807) is 6.07 Å². The van der Waals surface area contributed by atoms with Gasteiger partial charge in [-0.3, -0.25) is 4.90 Å². The van der Waals surface area contributed by atoms with E-state index in [1.165, 1.54) is 6.07 Å². The minimum absolute atomic E-state index is 0.184. The number of hydrogen-bond acceptors (Lipinski definition) is 2. The Balaban J connectivity index is 1.96. The summed E-state index contributed by atoms with van der Waals surface area (Å²) in [5.41, 5.74) is 6.86. The topological polar surface area (TPSA) is 29.3 Å². The first-order valence-corrected chi connectivity index (χ1v) is 6.36. The Morgan fingerprint density at radius 3 is 2.94 bits per heavy atom. The van der Waals surface area contributed by atoms with Crippen molar-refractivity contribution < 1.29 is 4.39 Å². The summed E-state index contributed by atoms with van der Waals surface area (Å²) >= 11 is 5.66. The van der Waals surface area contributed by atoms with Gasteiger partial charge >= 0.3 is 0 Å². The van der Waals surface area contributed by atoms with Gasteiger partial charge < -0.3 is 5.73 Å². The number of nitrogens with two attached hydrogens (primary N) is 1. The van der Waals surface area contributed by atoms with Crippen LogP contribution in [0.15, 0.2) is 18.2 Å². The van der Waals surface area contributed by atoms with Crippen LogP contribution in [0.3, 0.4) is 0 Å². The lowest BCUT2D eigenvalue weighted by atomic mass is 10.0. The summed E-state index contributed by atoms with van der Waals surface area (Å²) in [5.74, 6) is 0.222. The fourth-order valence-corrected chi connectivity index (χ4v) is 2.45. The zero-order valence-electron chi connectivity index (χ0n) is 10.00. The maximum absolute atomic E-state index is 13.3. The maximum Gasteiger partial charge on any atom is 0.142 e. The van der Waals surface area contributed by atoms with E-state index in [9.17, 15) is 4.39 Å². The molecule has 0 saturated carbocycles. The molecular formula is C13H18ClFN2. The number of likely N-dealkylation sites (tertiary alicyclic amines) is 1. The van der Waals surface area contributed by atoms with Crippen LogP contribution in [0.5, 0.6) is 0 Å². The second-order valence-electron chi connectivity index (χ2n) is 4.89. The van der Waals surface area contributed by atoms with Crippen LogP contribution in [-0.4, -0.2) is 24.0 Å². The number of halogens is 2. The lowest BCUT2D eigenvalue weighted by molar-refractivity contribution is 0.308. The Morgan fingerprint density at radius 1 is 1.59 bits per heavy atom. The normalized spacial score (nSPS) is 22.9. The standard InChI is InChI=1S/C13H18ClFN2/c1-9(16)11-4-5-17(8-11)7-10-2-3-12(14)13(15)6-10/h2-3,6,9,11H,4-5,7-8,16H2,1H3. The van der Waals surface area contributed by atoms with Crippen molar-refractivity contribution in [2.45, 2.75) is 25.9 Å². The zero-order valence-corrected chi connectivity index (χ0v) is 10.8. The van der Waals surface area contributed by atoms with E-state index in [2.05, 4.69) is 11.8 Å². The highest BCUT2D eigenvalue weighted by Crippen LogP contribution is 2.22. The van der Waals surface area contributed by atoms with Crippen molar-refractivity contribution >= 4 is 11.6 Å². The highest BCUT2D eigenvalue weighted by Gasteiger charge is 2.25. The number of rotatable bonds is 3. The van der Waals surface area contributed by atoms with Crippen molar-refractivity contribution in [3.63, 3.8) is 0 Å². The summed E-state index contributed by atoms with van der Waals surface area (Å²) in [6.45, 7) is 4.87. The number of hydrogen-bond donors (Lipinski definition) is 1. The molecule has 94 valence electrons. The van der Waals surface area contributed by atoms with E-state index in [4.69, 9.17) is 17.3 Å². The summed E-state index contributed by atoms with van der Waals surface area (Å²) in [4.78, 5) is 2.32. The summed E-state index contributed by atoms with van der Waals surface area (Å²) in [7, 11) is 0. The fraction of sp³-hybridized carbons (Fsp3) is 0.538. The summed E-state index contributed by atoms with van der Waals surface area (Å²) in [6, 6.07) is 5.25. The molecule has 1 heterocycles. The van der Waals surface area contributed by atoms with Gasteiger partial charge in [-0.1, -0.05) is 17.7 Å². The number of benzene rings is 1. The molecule has 1 aliphatic rings. The van der Waals surface area contributed by atoms with Gasteiger partial charge in [0.15, 0.2) is 0 Å². The third-order valence-electron chi connectivity index (χ3n) is 3.44. The van der Waals surface area contributed by atoms with Gasteiger partial charge in [0.2, 0.25) is 0 Å². The van der Waals surface area contributed by atoms with E-state index in [0.717, 1.165) is 31.6 Å². The van der Waals surface area contributed by atoms with Crippen LogP contribution >= 0.6 is 11.6 Å². The van der Waals surface area contributed by atoms with E-state index in [-0.39, 0.29) is 16.9 Å². The SMILES string of the molecule is CC(N)C1CCN(Cc2ccc(Cl)c(F)c2)C1. The Kier molecular flexibility index (Phi) is 4.02. The van der Waals surface area contributed by atoms with Crippen molar-refractivity contribution in [2.75, 3.05) is 13.1 Å². The highest BCUT2D eigenvalue weighted by atomic mass is 35.5. The first-order chi connectivity index (χ1) is 8.06. The molecule has 0 amide bonds. The van der Waals surface area contributed by atoms with E-state index in [1.807, 2.05) is 6.07 Å². The molecule has 1 aromatic carbocycles. The van der Waals surface area contributed by atoms with Crippen LogP contribution < -0.4 is 5.73 Å². The molecule has 2 nitrogen and oxygen atoms in total. The molecule has 1 aliphatic heterocycles. The Morgan fingerprint density at radius 2 is 2.35 bits per heavy atom. The monoisotopic (exact) mass is 256 g/mol. The molecule has 1 aromatic rings. The molecule has 0 aromatic heterocycles. The summed E-state index contributed by atoms with van der Waals surface area (Å²) in [5, 5.41) is 0.184. The molecule has 0 aliphatic carbocycles. The fourth-order valence-electron chi connectivity index (χ4n) is 2.33. The molecule has 0 radical (unpaired) electrons. The summed E-state index contributed by atoms with van der Waals surface area (Å²) < 4.78 is 13.3. The van der Waals surface area contributed by atoms with Gasteiger partial charge in [0, 0.05) is 19.1 Å². The first-order valence-electron chi connectivity index (χ1n) is 5.98. The molecule has 1 saturated heterocycles. The van der Waals surface area contributed by atoms with Crippen LogP contribution in [-0.2, 0) is 6.54 Å². The van der Waals surface area contributed by atoms with Crippen molar-refractivity contribution in [1.29, 1.82) is 0 Å². The van der Waals surface area contributed by atoms with Crippen molar-refractivity contribution in [3.05, 3.63) is 34.6 Å². The Labute approximate surface area is 107 Å². The Bertz CT molecular complexity index is 395. The first kappa shape index (κ1) is 12.8. The van der Waals surface area contributed by atoms with Gasteiger partial charge in [0.05, 0.1) is 5.02 Å². The van der Waals surface area contributed by atoms with Crippen molar-refractivity contribution in [1.82, 2.24) is 4.90 Å². The van der Waals surface area contributed by atoms with Gasteiger partial charge in [-0.2, -0.15) is 0 Å². The van der Waals surface area contributed by atoms with Gasteiger partial charge in [0.1, 0.15) is 5.82 Å². The minimum atomic E-state index is -0.341. The summed E-state index contributed by atoms with van der Waals surface area (Å²) in [6.07, 6.45) is 1.13. The third-order valence-corrected chi connectivity index (χ3v) is 3.75. The molecule has 4 heteroatoms. The van der Waals surface area contributed by atoms with Crippen LogP contribution in [0.2, 0.25) is 5.02 Å². The molecule has 2 rings (SSSR count). The molecule has 2 unspecified atom stereocenters. The van der Waals surface area contributed by atoms with E-state index < -0.39 is 0 Å². The molecule has 1 fully saturated rings. The predicted octanol–water partition coefficient (Wildman–Crippen LogP) is 2.65. The van der Waals surface area contributed by atoms with Crippen LogP contribution in [0.4, 0.5) is 4.39 Å². The molecule has 0 bridgehead atoms. The van der Waals surface area contributed by atoms with Gasteiger partial charge in [0.25, 0.3) is 0 Å². The van der Waals surface area contributed by atoms with Crippen molar-refractivity contribution in [3.8, 4) is 0 Å². The molecule has 0 spiro atoms. The molecule has 17 heavy (non-hydrogen) atoms. The van der Waals surface area contributed by atoms with Crippen LogP contribution in [0.1, 0.15) is 18.9 Å².